The van der Waals surface area contributed by atoms with Crippen LogP contribution in [0.25, 0.3) is 11.3 Å². The van der Waals surface area contributed by atoms with E-state index in [1.807, 2.05) is 18.7 Å². The minimum atomic E-state index is 0.588. The van der Waals surface area contributed by atoms with Crippen molar-refractivity contribution in [2.24, 2.45) is 0 Å². The Bertz CT molecular complexity index is 550. The third kappa shape index (κ3) is 2.78. The predicted molar refractivity (Wildman–Crippen MR) is 80.6 cm³/mol. The van der Waals surface area contributed by atoms with Crippen molar-refractivity contribution in [1.82, 2.24) is 4.98 Å². The number of hydrogen-bond donors (Lipinski definition) is 1. The zero-order valence-electron chi connectivity index (χ0n) is 11.2. The van der Waals surface area contributed by atoms with Gasteiger partial charge in [0, 0.05) is 29.5 Å². The van der Waals surface area contributed by atoms with Crippen molar-refractivity contribution in [2.45, 2.75) is 31.6 Å². The number of nitrogens with one attached hydrogen (secondary N) is 1. The Morgan fingerprint density at radius 2 is 2.11 bits per heavy atom. The van der Waals surface area contributed by atoms with E-state index in [0.717, 1.165) is 11.3 Å². The summed E-state index contributed by atoms with van der Waals surface area (Å²) >= 11 is 2.04. The van der Waals surface area contributed by atoms with Crippen molar-refractivity contribution in [3.63, 3.8) is 0 Å². The minimum absolute atomic E-state index is 0.588. The molecular formula is C15H18N2OS. The van der Waals surface area contributed by atoms with Crippen LogP contribution in [-0.2, 0) is 0 Å². The van der Waals surface area contributed by atoms with Gasteiger partial charge in [0.1, 0.15) is 12.0 Å². The van der Waals surface area contributed by atoms with Crippen LogP contribution in [-0.4, -0.2) is 22.0 Å². The molecule has 1 fully saturated rings. The second-order valence-corrected chi connectivity index (χ2v) is 6.43. The predicted octanol–water partition coefficient (Wildman–Crippen LogP) is 3.96. The molecule has 1 N–H and O–H groups in total. The molecule has 0 aliphatic carbocycles. The van der Waals surface area contributed by atoms with Crippen LogP contribution < -0.4 is 5.32 Å². The second-order valence-electron chi connectivity index (χ2n) is 4.94. The SMILES string of the molecule is Cc1nc(-c2ccc(NC3CCSC3C)cc2)co1. The van der Waals surface area contributed by atoms with Crippen molar-refractivity contribution in [3.8, 4) is 11.3 Å². The second kappa shape index (κ2) is 5.29. The number of nitrogens with zero attached hydrogens (tertiary/aromatic N) is 1. The largest absolute Gasteiger partial charge is 0.449 e. The Morgan fingerprint density at radius 3 is 2.68 bits per heavy atom. The molecule has 1 aromatic carbocycles. The molecule has 3 nitrogen and oxygen atoms in total. The van der Waals surface area contributed by atoms with Gasteiger partial charge in [0.25, 0.3) is 0 Å². The minimum Gasteiger partial charge on any atom is -0.449 e. The quantitative estimate of drug-likeness (QED) is 0.919. The molecule has 1 aromatic heterocycles. The Hall–Kier alpha value is -1.42. The standard InChI is InChI=1S/C15H18N2OS/c1-10-14(7-8-19-10)17-13-5-3-12(4-6-13)15-9-18-11(2)16-15/h3-6,9-10,14,17H,7-8H2,1-2H3. The average Bonchev–Trinajstić information content (AvgIpc) is 3.00. The van der Waals surface area contributed by atoms with Crippen molar-refractivity contribution >= 4 is 17.4 Å². The first kappa shape index (κ1) is 12.6. The molecule has 0 bridgehead atoms. The first-order chi connectivity index (χ1) is 9.22. The molecular weight excluding hydrogens is 256 g/mol. The van der Waals surface area contributed by atoms with Crippen LogP contribution in [0.2, 0.25) is 0 Å². The highest BCUT2D eigenvalue weighted by Gasteiger charge is 2.23. The summed E-state index contributed by atoms with van der Waals surface area (Å²) in [6.45, 7) is 4.15. The Kier molecular flexibility index (Phi) is 3.51. The summed E-state index contributed by atoms with van der Waals surface area (Å²) in [7, 11) is 0. The van der Waals surface area contributed by atoms with E-state index in [9.17, 15) is 0 Å². The van der Waals surface area contributed by atoms with Crippen LogP contribution >= 0.6 is 11.8 Å². The van der Waals surface area contributed by atoms with Gasteiger partial charge in [-0.3, -0.25) is 0 Å². The molecule has 19 heavy (non-hydrogen) atoms. The first-order valence-electron chi connectivity index (χ1n) is 6.63. The van der Waals surface area contributed by atoms with Gasteiger partial charge in [-0.1, -0.05) is 19.1 Å². The molecule has 4 heteroatoms. The number of thioether (sulfide) groups is 1. The number of benzene rings is 1. The molecule has 2 heterocycles. The van der Waals surface area contributed by atoms with E-state index >= 15 is 0 Å². The lowest BCUT2D eigenvalue weighted by Gasteiger charge is -2.17. The highest BCUT2D eigenvalue weighted by atomic mass is 32.2. The van der Waals surface area contributed by atoms with Crippen molar-refractivity contribution in [1.29, 1.82) is 0 Å². The summed E-state index contributed by atoms with van der Waals surface area (Å²) in [5.74, 6) is 1.96. The molecule has 100 valence electrons. The molecule has 2 unspecified atom stereocenters. The summed E-state index contributed by atoms with van der Waals surface area (Å²) in [4.78, 5) is 4.34. The number of anilines is 1. The molecule has 3 rings (SSSR count). The number of aryl methyl sites for hydroxylation is 1. The van der Waals surface area contributed by atoms with Crippen LogP contribution in [0.15, 0.2) is 34.9 Å². The lowest BCUT2D eigenvalue weighted by molar-refractivity contribution is 0.521. The number of rotatable bonds is 3. The van der Waals surface area contributed by atoms with Crippen LogP contribution in [0.4, 0.5) is 5.69 Å². The maximum absolute atomic E-state index is 5.24. The summed E-state index contributed by atoms with van der Waals surface area (Å²) in [5.41, 5.74) is 3.17. The molecule has 2 aromatic rings. The molecule has 1 saturated heterocycles. The zero-order valence-corrected chi connectivity index (χ0v) is 12.0. The molecule has 0 amide bonds. The fourth-order valence-corrected chi connectivity index (χ4v) is 3.57. The van der Waals surface area contributed by atoms with Gasteiger partial charge in [0.15, 0.2) is 5.89 Å². The van der Waals surface area contributed by atoms with Gasteiger partial charge in [0.2, 0.25) is 0 Å². The van der Waals surface area contributed by atoms with Crippen LogP contribution in [0.1, 0.15) is 19.2 Å². The van der Waals surface area contributed by atoms with Crippen molar-refractivity contribution < 1.29 is 4.42 Å². The Labute approximate surface area is 117 Å². The third-order valence-corrected chi connectivity index (χ3v) is 4.85. The van der Waals surface area contributed by atoms with Gasteiger partial charge >= 0.3 is 0 Å². The fourth-order valence-electron chi connectivity index (χ4n) is 2.37. The first-order valence-corrected chi connectivity index (χ1v) is 7.68. The van der Waals surface area contributed by atoms with Crippen molar-refractivity contribution in [2.75, 3.05) is 11.1 Å². The third-order valence-electron chi connectivity index (χ3n) is 3.53. The van der Waals surface area contributed by atoms with E-state index in [0.29, 0.717) is 17.2 Å². The number of oxazole rings is 1. The van der Waals surface area contributed by atoms with Gasteiger partial charge < -0.3 is 9.73 Å². The normalized spacial score (nSPS) is 22.6. The van der Waals surface area contributed by atoms with Gasteiger partial charge in [0.05, 0.1) is 0 Å². The summed E-state index contributed by atoms with van der Waals surface area (Å²) in [5, 5.41) is 4.30. The van der Waals surface area contributed by atoms with Crippen LogP contribution in [0.3, 0.4) is 0 Å². The molecule has 1 aliphatic rings. The van der Waals surface area contributed by atoms with E-state index in [1.165, 1.54) is 17.9 Å². The van der Waals surface area contributed by atoms with Crippen LogP contribution in [0, 0.1) is 6.92 Å². The van der Waals surface area contributed by atoms with Crippen LogP contribution in [0.5, 0.6) is 0 Å². The van der Waals surface area contributed by atoms with E-state index in [2.05, 4.69) is 41.5 Å². The average molecular weight is 274 g/mol. The zero-order chi connectivity index (χ0) is 13.2. The monoisotopic (exact) mass is 274 g/mol. The molecule has 1 aliphatic heterocycles. The number of aromatic nitrogens is 1. The van der Waals surface area contributed by atoms with E-state index in [-0.39, 0.29) is 0 Å². The Morgan fingerprint density at radius 1 is 1.32 bits per heavy atom. The molecule has 0 spiro atoms. The maximum Gasteiger partial charge on any atom is 0.191 e. The summed E-state index contributed by atoms with van der Waals surface area (Å²) in [6, 6.07) is 9.01. The van der Waals surface area contributed by atoms with Gasteiger partial charge in [-0.25, -0.2) is 4.98 Å². The topological polar surface area (TPSA) is 38.1 Å². The lowest BCUT2D eigenvalue weighted by atomic mass is 10.1. The molecule has 2 atom stereocenters. The smallest absolute Gasteiger partial charge is 0.191 e. The molecule has 0 radical (unpaired) electrons. The lowest BCUT2D eigenvalue weighted by Crippen LogP contribution is -2.24. The van der Waals surface area contributed by atoms with Crippen molar-refractivity contribution in [3.05, 3.63) is 36.4 Å². The fraction of sp³-hybridized carbons (Fsp3) is 0.400. The van der Waals surface area contributed by atoms with Gasteiger partial charge in [-0.15, -0.1) is 0 Å². The highest BCUT2D eigenvalue weighted by molar-refractivity contribution is 8.00. The van der Waals surface area contributed by atoms with E-state index < -0.39 is 0 Å². The van der Waals surface area contributed by atoms with E-state index in [1.54, 1.807) is 6.26 Å². The van der Waals surface area contributed by atoms with Gasteiger partial charge in [-0.2, -0.15) is 11.8 Å². The summed E-state index contributed by atoms with van der Waals surface area (Å²) < 4.78 is 5.24. The van der Waals surface area contributed by atoms with Gasteiger partial charge in [-0.05, 0) is 24.3 Å². The van der Waals surface area contributed by atoms with E-state index in [4.69, 9.17) is 4.42 Å². The summed E-state index contributed by atoms with van der Waals surface area (Å²) in [6.07, 6.45) is 2.95. The molecule has 0 saturated carbocycles. The number of hydrogen-bond acceptors (Lipinski definition) is 4. The highest BCUT2D eigenvalue weighted by Crippen LogP contribution is 2.29. The Balaban J connectivity index is 1.72. The maximum atomic E-state index is 5.24.